The van der Waals surface area contributed by atoms with Crippen LogP contribution in [0.4, 0.5) is 24.5 Å². The normalized spacial score (nSPS) is 12.0. The predicted molar refractivity (Wildman–Crippen MR) is 128 cm³/mol. The SMILES string of the molecule is COc1cc(N=c2oc3c(C)[nH+]cc(CO)c3cc2C(=O)Nc2cccc(C(F)(F)F)c2)cc(OC)c1. The van der Waals surface area contributed by atoms with Crippen LogP contribution in [0.15, 0.2) is 64.1 Å². The molecule has 0 aliphatic heterocycles. The number of aryl methyl sites for hydroxylation is 1. The number of aliphatic hydroxyl groups excluding tert-OH is 1. The number of rotatable bonds is 6. The zero-order chi connectivity index (χ0) is 26.7. The highest BCUT2D eigenvalue weighted by atomic mass is 19.4. The molecule has 4 rings (SSSR count). The van der Waals surface area contributed by atoms with Crippen LogP contribution in [0.5, 0.6) is 11.5 Å². The second-order valence-corrected chi connectivity index (χ2v) is 8.02. The van der Waals surface area contributed by atoms with Gasteiger partial charge in [-0.3, -0.25) is 4.79 Å². The lowest BCUT2D eigenvalue weighted by Crippen LogP contribution is -2.23. The lowest BCUT2D eigenvalue weighted by Gasteiger charge is -2.11. The number of nitrogens with one attached hydrogen (secondary N) is 2. The Morgan fingerprint density at radius 1 is 1.11 bits per heavy atom. The van der Waals surface area contributed by atoms with Crippen LogP contribution in [0, 0.1) is 6.92 Å². The first-order valence-corrected chi connectivity index (χ1v) is 11.0. The van der Waals surface area contributed by atoms with E-state index in [9.17, 15) is 23.1 Å². The van der Waals surface area contributed by atoms with E-state index < -0.39 is 17.6 Å². The van der Waals surface area contributed by atoms with Gasteiger partial charge in [0.15, 0.2) is 6.20 Å². The number of hydrogen-bond acceptors (Lipinski definition) is 6. The van der Waals surface area contributed by atoms with Gasteiger partial charge in [0, 0.05) is 36.2 Å². The summed E-state index contributed by atoms with van der Waals surface area (Å²) in [5.74, 6) is 0.134. The third-order valence-corrected chi connectivity index (χ3v) is 5.54. The van der Waals surface area contributed by atoms with Gasteiger partial charge in [-0.25, -0.2) is 9.98 Å². The number of carbonyl (C=O) groups excluding carboxylic acids is 1. The molecule has 0 atom stereocenters. The average molecular weight is 514 g/mol. The number of alkyl halides is 3. The Kier molecular flexibility index (Phi) is 7.16. The number of nitrogens with zero attached hydrogens (tertiary/aromatic N) is 1. The molecule has 37 heavy (non-hydrogen) atoms. The monoisotopic (exact) mass is 514 g/mol. The van der Waals surface area contributed by atoms with Crippen molar-refractivity contribution in [3.8, 4) is 11.5 Å². The van der Waals surface area contributed by atoms with Crippen LogP contribution < -0.4 is 25.3 Å². The Balaban J connectivity index is 1.91. The molecule has 2 aromatic carbocycles. The summed E-state index contributed by atoms with van der Waals surface area (Å²) in [6, 6.07) is 10.6. The fourth-order valence-corrected chi connectivity index (χ4v) is 3.66. The third kappa shape index (κ3) is 5.56. The fraction of sp³-hybridized carbons (Fsp3) is 0.192. The molecule has 8 nitrogen and oxygen atoms in total. The van der Waals surface area contributed by atoms with Crippen molar-refractivity contribution in [1.82, 2.24) is 0 Å². The van der Waals surface area contributed by atoms with Crippen molar-refractivity contribution < 1.29 is 41.9 Å². The second kappa shape index (κ2) is 10.3. The Morgan fingerprint density at radius 2 is 1.81 bits per heavy atom. The molecule has 3 N–H and O–H groups in total. The van der Waals surface area contributed by atoms with Crippen molar-refractivity contribution in [3.05, 3.63) is 82.7 Å². The molecule has 2 heterocycles. The minimum atomic E-state index is -4.57. The molecule has 0 fully saturated rings. The van der Waals surface area contributed by atoms with Gasteiger partial charge in [0.25, 0.3) is 5.91 Å². The zero-order valence-corrected chi connectivity index (χ0v) is 20.1. The maximum Gasteiger partial charge on any atom is 0.416 e. The van der Waals surface area contributed by atoms with E-state index in [-0.39, 0.29) is 23.4 Å². The summed E-state index contributed by atoms with van der Waals surface area (Å²) < 4.78 is 56.1. The summed E-state index contributed by atoms with van der Waals surface area (Å²) in [7, 11) is 2.95. The van der Waals surface area contributed by atoms with Crippen LogP contribution in [-0.2, 0) is 12.8 Å². The highest BCUT2D eigenvalue weighted by molar-refractivity contribution is 6.05. The van der Waals surface area contributed by atoms with Crippen LogP contribution in [0.1, 0.15) is 27.2 Å². The first-order chi connectivity index (χ1) is 17.6. The molecule has 0 bridgehead atoms. The number of anilines is 1. The van der Waals surface area contributed by atoms with Crippen molar-refractivity contribution >= 4 is 28.3 Å². The molecule has 0 radical (unpaired) electrons. The van der Waals surface area contributed by atoms with E-state index in [1.165, 1.54) is 32.4 Å². The molecule has 1 amide bonds. The molecule has 0 saturated heterocycles. The van der Waals surface area contributed by atoms with Gasteiger partial charge >= 0.3 is 6.18 Å². The molecule has 0 aliphatic rings. The van der Waals surface area contributed by atoms with Gasteiger partial charge in [0.05, 0.1) is 37.6 Å². The van der Waals surface area contributed by atoms with Crippen molar-refractivity contribution in [2.75, 3.05) is 19.5 Å². The number of amides is 1. The number of benzene rings is 2. The number of aliphatic hydroxyl groups is 1. The number of fused-ring (bicyclic) bond motifs is 1. The molecule has 0 unspecified atom stereocenters. The van der Waals surface area contributed by atoms with Gasteiger partial charge < -0.3 is 24.3 Å². The lowest BCUT2D eigenvalue weighted by atomic mass is 10.1. The number of aromatic nitrogens is 1. The van der Waals surface area contributed by atoms with Crippen LogP contribution >= 0.6 is 0 Å². The number of methoxy groups -OCH3 is 2. The van der Waals surface area contributed by atoms with Crippen LogP contribution in [0.25, 0.3) is 11.0 Å². The third-order valence-electron chi connectivity index (χ3n) is 5.54. The first-order valence-electron chi connectivity index (χ1n) is 11.0. The topological polar surface area (TPSA) is 107 Å². The van der Waals surface area contributed by atoms with Crippen LogP contribution in [-0.4, -0.2) is 25.2 Å². The van der Waals surface area contributed by atoms with E-state index in [0.717, 1.165) is 12.1 Å². The molecule has 11 heteroatoms. The van der Waals surface area contributed by atoms with Gasteiger partial charge in [0.2, 0.25) is 16.8 Å². The average Bonchev–Trinajstić information content (AvgIpc) is 2.88. The quantitative estimate of drug-likeness (QED) is 0.392. The smallest absolute Gasteiger partial charge is 0.416 e. The molecule has 0 saturated carbocycles. The largest absolute Gasteiger partial charge is 0.497 e. The van der Waals surface area contributed by atoms with Gasteiger partial charge in [-0.1, -0.05) is 6.07 Å². The minimum Gasteiger partial charge on any atom is -0.497 e. The zero-order valence-electron chi connectivity index (χ0n) is 20.1. The summed E-state index contributed by atoms with van der Waals surface area (Å²) in [5, 5.41) is 12.7. The summed E-state index contributed by atoms with van der Waals surface area (Å²) >= 11 is 0. The summed E-state index contributed by atoms with van der Waals surface area (Å²) in [6.07, 6.45) is -3.00. The Morgan fingerprint density at radius 3 is 2.43 bits per heavy atom. The summed E-state index contributed by atoms with van der Waals surface area (Å²) in [4.78, 5) is 20.8. The van der Waals surface area contributed by atoms with Crippen LogP contribution in [0.3, 0.4) is 0 Å². The molecule has 2 aromatic heterocycles. The van der Waals surface area contributed by atoms with Gasteiger partial charge in [-0.05, 0) is 24.3 Å². The number of pyridine rings is 1. The number of H-pyrrole nitrogens is 1. The maximum absolute atomic E-state index is 13.3. The highest BCUT2D eigenvalue weighted by Crippen LogP contribution is 2.31. The van der Waals surface area contributed by atoms with Crippen molar-refractivity contribution in [3.63, 3.8) is 0 Å². The first kappa shape index (κ1) is 25.7. The molecule has 0 spiro atoms. The fourth-order valence-electron chi connectivity index (χ4n) is 3.66. The molecule has 192 valence electrons. The van der Waals surface area contributed by atoms with E-state index in [1.807, 2.05) is 0 Å². The molecular weight excluding hydrogens is 491 g/mol. The van der Waals surface area contributed by atoms with E-state index in [4.69, 9.17) is 13.9 Å². The summed E-state index contributed by atoms with van der Waals surface area (Å²) in [5.41, 5.74) is 0.599. The second-order valence-electron chi connectivity index (χ2n) is 8.02. The van der Waals surface area contributed by atoms with E-state index in [1.54, 1.807) is 31.3 Å². The van der Waals surface area contributed by atoms with Crippen molar-refractivity contribution in [2.45, 2.75) is 19.7 Å². The van der Waals surface area contributed by atoms with E-state index >= 15 is 0 Å². The van der Waals surface area contributed by atoms with Crippen molar-refractivity contribution in [1.29, 1.82) is 0 Å². The number of aromatic amines is 1. The van der Waals surface area contributed by atoms with Gasteiger partial charge in [0.1, 0.15) is 17.1 Å². The Labute approximate surface area is 209 Å². The summed E-state index contributed by atoms with van der Waals surface area (Å²) in [6.45, 7) is 1.40. The molecular formula is C26H23F3N3O5+. The lowest BCUT2D eigenvalue weighted by molar-refractivity contribution is -0.386. The van der Waals surface area contributed by atoms with Crippen LogP contribution in [0.2, 0.25) is 0 Å². The number of carbonyl (C=O) groups is 1. The molecule has 4 aromatic rings. The number of halogens is 3. The van der Waals surface area contributed by atoms with E-state index in [2.05, 4.69) is 15.3 Å². The van der Waals surface area contributed by atoms with Crippen molar-refractivity contribution in [2.24, 2.45) is 4.99 Å². The molecule has 0 aliphatic carbocycles. The highest BCUT2D eigenvalue weighted by Gasteiger charge is 2.30. The Bertz CT molecular complexity index is 1530. The maximum atomic E-state index is 13.3. The van der Waals surface area contributed by atoms with Gasteiger partial charge in [-0.15, -0.1) is 0 Å². The number of hydrogen-bond donors (Lipinski definition) is 2. The van der Waals surface area contributed by atoms with E-state index in [0.29, 0.717) is 39.4 Å². The van der Waals surface area contributed by atoms with Gasteiger partial charge in [-0.2, -0.15) is 13.2 Å². The number of ether oxygens (including phenoxy) is 2. The minimum absolute atomic E-state index is 0.0612. The Hall–Kier alpha value is -4.38. The predicted octanol–water partition coefficient (Wildman–Crippen LogP) is 4.57. The standard InChI is InChI=1S/C26H22F3N3O5/c1-14-23-21(15(13-33)12-30-14)11-22(24(34)31-17-6-4-5-16(7-17)26(27,28)29)25(37-23)32-18-8-19(35-2)10-20(9-18)36-3/h4-12,33H,13H2,1-3H3,(H,31,34)/p+1.